The van der Waals surface area contributed by atoms with Gasteiger partial charge < -0.3 is 10.1 Å². The van der Waals surface area contributed by atoms with Gasteiger partial charge in [0.2, 0.25) is 10.0 Å². The Balaban J connectivity index is 1.49. The molecular formula is C24H24N2O4S. The molecule has 0 saturated heterocycles. The maximum atomic E-state index is 13.2. The maximum Gasteiger partial charge on any atom is 0.263 e. The first-order chi connectivity index (χ1) is 15.0. The van der Waals surface area contributed by atoms with Gasteiger partial charge in [0, 0.05) is 6.54 Å². The summed E-state index contributed by atoms with van der Waals surface area (Å²) < 4.78 is 33.6. The van der Waals surface area contributed by atoms with E-state index in [-0.39, 0.29) is 18.2 Å². The van der Waals surface area contributed by atoms with Crippen LogP contribution >= 0.6 is 0 Å². The molecule has 3 aromatic carbocycles. The number of hydrogen-bond donors (Lipinski definition) is 1. The molecule has 1 N–H and O–H groups in total. The first-order valence-electron chi connectivity index (χ1n) is 10.1. The van der Waals surface area contributed by atoms with Crippen molar-refractivity contribution >= 4 is 21.6 Å². The molecule has 0 bridgehead atoms. The van der Waals surface area contributed by atoms with Gasteiger partial charge in [-0.05, 0) is 29.7 Å². The quantitative estimate of drug-likeness (QED) is 0.617. The maximum absolute atomic E-state index is 13.2. The van der Waals surface area contributed by atoms with E-state index in [1.54, 1.807) is 48.5 Å². The largest absolute Gasteiger partial charge is 0.476 e. The Bertz CT molecular complexity index is 1130. The van der Waals surface area contributed by atoms with Gasteiger partial charge in [0.05, 0.1) is 18.0 Å². The fraction of sp³-hybridized carbons (Fsp3) is 0.208. The molecule has 1 atom stereocenters. The molecule has 4 rings (SSSR count). The van der Waals surface area contributed by atoms with Gasteiger partial charge in [0.1, 0.15) is 5.75 Å². The molecule has 0 unspecified atom stereocenters. The number of hydrogen-bond acceptors (Lipinski definition) is 4. The van der Waals surface area contributed by atoms with Crippen molar-refractivity contribution in [1.29, 1.82) is 0 Å². The highest BCUT2D eigenvalue weighted by Gasteiger charge is 2.36. The molecule has 6 nitrogen and oxygen atoms in total. The average Bonchev–Trinajstić information content (AvgIpc) is 2.79. The van der Waals surface area contributed by atoms with Gasteiger partial charge in [0.25, 0.3) is 5.91 Å². The summed E-state index contributed by atoms with van der Waals surface area (Å²) in [5.74, 6) is -0.0937. The minimum absolute atomic E-state index is 0.0661. The minimum Gasteiger partial charge on any atom is -0.476 e. The van der Waals surface area contributed by atoms with Crippen molar-refractivity contribution in [2.45, 2.75) is 18.3 Å². The van der Waals surface area contributed by atoms with E-state index in [1.165, 1.54) is 4.31 Å². The van der Waals surface area contributed by atoms with Crippen LogP contribution in [0.2, 0.25) is 0 Å². The zero-order chi connectivity index (χ0) is 21.7. The van der Waals surface area contributed by atoms with Crippen molar-refractivity contribution in [2.75, 3.05) is 17.4 Å². The summed E-state index contributed by atoms with van der Waals surface area (Å²) in [4.78, 5) is 12.8. The highest BCUT2D eigenvalue weighted by Crippen LogP contribution is 2.35. The van der Waals surface area contributed by atoms with Gasteiger partial charge in [-0.3, -0.25) is 9.10 Å². The SMILES string of the molecule is O=C(NCCc1ccccc1)[C@@H]1CN(S(=O)(=O)Cc2ccccc2)c2ccccc2O1. The number of nitrogens with zero attached hydrogens (tertiary/aromatic N) is 1. The molecule has 0 radical (unpaired) electrons. The molecule has 1 amide bonds. The van der Waals surface area contributed by atoms with E-state index in [4.69, 9.17) is 4.74 Å². The van der Waals surface area contributed by atoms with Crippen LogP contribution < -0.4 is 14.4 Å². The second-order valence-electron chi connectivity index (χ2n) is 7.37. The van der Waals surface area contributed by atoms with Gasteiger partial charge in [-0.1, -0.05) is 72.8 Å². The lowest BCUT2D eigenvalue weighted by Gasteiger charge is -2.34. The van der Waals surface area contributed by atoms with E-state index in [1.807, 2.05) is 36.4 Å². The number of fused-ring (bicyclic) bond motifs is 1. The summed E-state index contributed by atoms with van der Waals surface area (Å²) in [6.45, 7) is 0.379. The fourth-order valence-corrected chi connectivity index (χ4v) is 5.14. The number of ether oxygens (including phenoxy) is 1. The third-order valence-corrected chi connectivity index (χ3v) is 6.83. The number of carbonyl (C=O) groups excluding carboxylic acids is 1. The Morgan fingerprint density at radius 3 is 2.23 bits per heavy atom. The van der Waals surface area contributed by atoms with Gasteiger partial charge in [-0.25, -0.2) is 8.42 Å². The molecule has 160 valence electrons. The average molecular weight is 437 g/mol. The highest BCUT2D eigenvalue weighted by molar-refractivity contribution is 7.92. The van der Waals surface area contributed by atoms with Crippen molar-refractivity contribution in [3.63, 3.8) is 0 Å². The van der Waals surface area contributed by atoms with E-state index in [2.05, 4.69) is 5.32 Å². The Hall–Kier alpha value is -3.32. The second-order valence-corrected chi connectivity index (χ2v) is 9.27. The third-order valence-electron chi connectivity index (χ3n) is 5.11. The van der Waals surface area contributed by atoms with Crippen molar-refractivity contribution in [1.82, 2.24) is 5.32 Å². The van der Waals surface area contributed by atoms with Crippen LogP contribution in [0.3, 0.4) is 0 Å². The van der Waals surface area contributed by atoms with Gasteiger partial charge in [-0.15, -0.1) is 0 Å². The van der Waals surface area contributed by atoms with Crippen molar-refractivity contribution < 1.29 is 17.9 Å². The van der Waals surface area contributed by atoms with Crippen molar-refractivity contribution in [3.8, 4) is 5.75 Å². The van der Waals surface area contributed by atoms with Crippen LogP contribution in [0.25, 0.3) is 0 Å². The van der Waals surface area contributed by atoms with Crippen LogP contribution in [0.15, 0.2) is 84.9 Å². The molecule has 31 heavy (non-hydrogen) atoms. The lowest BCUT2D eigenvalue weighted by Crippen LogP contribution is -2.51. The van der Waals surface area contributed by atoms with Crippen LogP contribution in [0.4, 0.5) is 5.69 Å². The van der Waals surface area contributed by atoms with E-state index in [9.17, 15) is 13.2 Å². The summed E-state index contributed by atoms with van der Waals surface area (Å²) in [5.41, 5.74) is 2.26. The molecule has 3 aromatic rings. The van der Waals surface area contributed by atoms with Crippen LogP contribution in [-0.4, -0.2) is 33.5 Å². The molecule has 0 aromatic heterocycles. The number of carbonyl (C=O) groups is 1. The molecule has 0 spiro atoms. The summed E-state index contributed by atoms with van der Waals surface area (Å²) in [6.07, 6.45) is -0.234. The summed E-state index contributed by atoms with van der Waals surface area (Å²) in [6, 6.07) is 25.7. The first kappa shape index (κ1) is 20.9. The summed E-state index contributed by atoms with van der Waals surface area (Å²) >= 11 is 0. The van der Waals surface area contributed by atoms with E-state index < -0.39 is 16.1 Å². The Labute approximate surface area is 182 Å². The Morgan fingerprint density at radius 2 is 1.52 bits per heavy atom. The third kappa shape index (κ3) is 5.06. The number of para-hydroxylation sites is 2. The zero-order valence-corrected chi connectivity index (χ0v) is 17.8. The van der Waals surface area contributed by atoms with Crippen LogP contribution in [0.1, 0.15) is 11.1 Å². The fourth-order valence-electron chi connectivity index (χ4n) is 3.55. The van der Waals surface area contributed by atoms with Crippen molar-refractivity contribution in [2.24, 2.45) is 0 Å². The van der Waals surface area contributed by atoms with Crippen LogP contribution in [-0.2, 0) is 27.0 Å². The van der Waals surface area contributed by atoms with Gasteiger partial charge in [-0.2, -0.15) is 0 Å². The molecule has 7 heteroatoms. The molecule has 1 aliphatic rings. The first-order valence-corrected chi connectivity index (χ1v) is 11.8. The lowest BCUT2D eigenvalue weighted by molar-refractivity contribution is -0.127. The molecule has 0 aliphatic carbocycles. The molecule has 0 fully saturated rings. The number of amides is 1. The zero-order valence-electron chi connectivity index (χ0n) is 17.0. The highest BCUT2D eigenvalue weighted by atomic mass is 32.2. The number of anilines is 1. The van der Waals surface area contributed by atoms with Crippen molar-refractivity contribution in [3.05, 3.63) is 96.1 Å². The molecule has 1 aliphatic heterocycles. The number of benzene rings is 3. The minimum atomic E-state index is -3.71. The monoisotopic (exact) mass is 436 g/mol. The second kappa shape index (κ2) is 9.22. The normalized spacial score (nSPS) is 15.6. The Kier molecular flexibility index (Phi) is 6.23. The van der Waals surface area contributed by atoms with E-state index in [0.717, 1.165) is 5.56 Å². The van der Waals surface area contributed by atoms with E-state index >= 15 is 0 Å². The van der Waals surface area contributed by atoms with Gasteiger partial charge in [0.15, 0.2) is 6.10 Å². The predicted molar refractivity (Wildman–Crippen MR) is 120 cm³/mol. The lowest BCUT2D eigenvalue weighted by atomic mass is 10.1. The standard InChI is InChI=1S/C24H24N2O4S/c27-24(25-16-15-19-9-3-1-4-10-19)23-17-26(21-13-7-8-14-22(21)30-23)31(28,29)18-20-11-5-2-6-12-20/h1-14,23H,15-18H2,(H,25,27)/t23-/m0/s1. The predicted octanol–water partition coefficient (Wildman–Crippen LogP) is 3.14. The molecular weight excluding hydrogens is 412 g/mol. The van der Waals surface area contributed by atoms with Gasteiger partial charge >= 0.3 is 0 Å². The number of nitrogens with one attached hydrogen (secondary N) is 1. The van der Waals surface area contributed by atoms with E-state index in [0.29, 0.717) is 30.0 Å². The molecule has 0 saturated carbocycles. The Morgan fingerprint density at radius 1 is 0.903 bits per heavy atom. The topological polar surface area (TPSA) is 75.7 Å². The van der Waals surface area contributed by atoms with Crippen LogP contribution in [0, 0.1) is 0 Å². The number of sulfonamides is 1. The molecule has 1 heterocycles. The summed E-state index contributed by atoms with van der Waals surface area (Å²) in [5, 5.41) is 2.87. The summed E-state index contributed by atoms with van der Waals surface area (Å²) in [7, 11) is -3.71. The number of rotatable bonds is 7. The smallest absolute Gasteiger partial charge is 0.263 e. The van der Waals surface area contributed by atoms with Crippen LogP contribution in [0.5, 0.6) is 5.75 Å².